The molecule has 8 heteroatoms. The van der Waals surface area contributed by atoms with Crippen LogP contribution in [0.3, 0.4) is 0 Å². The molecule has 138 valence electrons. The topological polar surface area (TPSA) is 47.1 Å². The lowest BCUT2D eigenvalue weighted by Crippen LogP contribution is -2.65. The van der Waals surface area contributed by atoms with Crippen LogP contribution in [0.2, 0.25) is 0 Å². The smallest absolute Gasteiger partial charge is 0.262 e. The van der Waals surface area contributed by atoms with Crippen LogP contribution in [-0.4, -0.2) is 67.1 Å². The maximum atomic E-state index is 13.4. The van der Waals surface area contributed by atoms with Crippen LogP contribution < -0.4 is 0 Å². The van der Waals surface area contributed by atoms with Crippen LogP contribution in [-0.2, 0) is 4.79 Å². The minimum absolute atomic E-state index is 0.229. The maximum absolute atomic E-state index is 13.4. The zero-order chi connectivity index (χ0) is 19.6. The summed E-state index contributed by atoms with van der Waals surface area (Å²) < 4.78 is 0. The van der Waals surface area contributed by atoms with Gasteiger partial charge in [-0.3, -0.25) is 19.4 Å². The van der Waals surface area contributed by atoms with E-state index < -0.39 is 11.3 Å². The van der Waals surface area contributed by atoms with Crippen LogP contribution in [0.1, 0.15) is 36.7 Å². The molecule has 2 saturated heterocycles. The Hall–Kier alpha value is -2.06. The summed E-state index contributed by atoms with van der Waals surface area (Å²) in [5.41, 5.74) is -0.252. The van der Waals surface area contributed by atoms with Crippen molar-refractivity contribution in [1.82, 2.24) is 19.6 Å². The van der Waals surface area contributed by atoms with Crippen molar-refractivity contribution in [2.75, 3.05) is 14.1 Å². The standard InChI is InChI=1S/C18H22N4O2S2/c1-11-7-9-13(10-8-11)14(24)22-16(26)20(6)17(3)18(22,4)21(12(2)23)15(25)19(17)5/h7-10H,1-6H3/t17-,18+/m1/s1. The molecule has 2 heterocycles. The molecule has 0 bridgehead atoms. The summed E-state index contributed by atoms with van der Waals surface area (Å²) in [6.07, 6.45) is 0. The number of carbonyl (C=O) groups is 2. The van der Waals surface area contributed by atoms with E-state index in [0.29, 0.717) is 15.8 Å². The molecule has 2 atom stereocenters. The van der Waals surface area contributed by atoms with Crippen molar-refractivity contribution < 1.29 is 9.59 Å². The zero-order valence-electron chi connectivity index (χ0n) is 15.7. The molecule has 6 nitrogen and oxygen atoms in total. The Balaban J connectivity index is 2.20. The summed E-state index contributed by atoms with van der Waals surface area (Å²) in [5, 5.41) is 0.736. The fourth-order valence-electron chi connectivity index (χ4n) is 3.98. The van der Waals surface area contributed by atoms with Crippen molar-refractivity contribution in [3.05, 3.63) is 35.4 Å². The van der Waals surface area contributed by atoms with Gasteiger partial charge in [0.25, 0.3) is 5.91 Å². The fourth-order valence-corrected chi connectivity index (χ4v) is 4.90. The maximum Gasteiger partial charge on any atom is 0.262 e. The van der Waals surface area contributed by atoms with E-state index in [1.165, 1.54) is 16.7 Å². The van der Waals surface area contributed by atoms with Gasteiger partial charge in [0, 0.05) is 26.6 Å². The number of thiocarbonyl (C=S) groups is 2. The Labute approximate surface area is 164 Å². The lowest BCUT2D eigenvalue weighted by atomic mass is 9.94. The number of fused-ring (bicyclic) bond motifs is 1. The second kappa shape index (κ2) is 5.72. The molecule has 2 fully saturated rings. The lowest BCUT2D eigenvalue weighted by Gasteiger charge is -2.43. The molecule has 0 aliphatic carbocycles. The number of rotatable bonds is 1. The van der Waals surface area contributed by atoms with Crippen molar-refractivity contribution in [2.45, 2.75) is 39.0 Å². The van der Waals surface area contributed by atoms with Crippen LogP contribution in [0.4, 0.5) is 0 Å². The molecule has 0 saturated carbocycles. The van der Waals surface area contributed by atoms with Crippen LogP contribution in [0, 0.1) is 6.92 Å². The second-order valence-corrected chi connectivity index (χ2v) is 7.82. The van der Waals surface area contributed by atoms with Crippen LogP contribution in [0.5, 0.6) is 0 Å². The number of carbonyl (C=O) groups excluding carboxylic acids is 2. The molecule has 2 aliphatic rings. The molecule has 2 amide bonds. The van der Waals surface area contributed by atoms with Gasteiger partial charge in [-0.2, -0.15) is 0 Å². The minimum atomic E-state index is -1.06. The average molecular weight is 391 g/mol. The fraction of sp³-hybridized carbons (Fsp3) is 0.444. The third-order valence-corrected chi connectivity index (χ3v) is 6.76. The Bertz CT molecular complexity index is 840. The highest BCUT2D eigenvalue weighted by atomic mass is 32.1. The van der Waals surface area contributed by atoms with Gasteiger partial charge in [0.2, 0.25) is 5.91 Å². The summed E-state index contributed by atoms with van der Waals surface area (Å²) in [6, 6.07) is 7.31. The molecule has 0 aromatic heterocycles. The molecule has 0 spiro atoms. The van der Waals surface area contributed by atoms with E-state index >= 15 is 0 Å². The van der Waals surface area contributed by atoms with Gasteiger partial charge in [-0.05, 0) is 57.3 Å². The van der Waals surface area contributed by atoms with Crippen molar-refractivity contribution in [1.29, 1.82) is 0 Å². The molecule has 2 aliphatic heterocycles. The van der Waals surface area contributed by atoms with Gasteiger partial charge in [-0.15, -0.1) is 0 Å². The highest BCUT2D eigenvalue weighted by Crippen LogP contribution is 2.50. The van der Waals surface area contributed by atoms with Crippen molar-refractivity contribution >= 4 is 46.5 Å². The number of nitrogens with zero attached hydrogens (tertiary/aromatic N) is 4. The normalized spacial score (nSPS) is 28.1. The molecular formula is C18H22N4O2S2. The number of likely N-dealkylation sites (N-methyl/N-ethyl adjacent to an activating group) is 2. The molecule has 1 aromatic carbocycles. The minimum Gasteiger partial charge on any atom is -0.325 e. The molecule has 26 heavy (non-hydrogen) atoms. The quantitative estimate of drug-likeness (QED) is 0.685. The van der Waals surface area contributed by atoms with Gasteiger partial charge in [-0.1, -0.05) is 17.7 Å². The van der Waals surface area contributed by atoms with E-state index in [2.05, 4.69) is 0 Å². The van der Waals surface area contributed by atoms with Gasteiger partial charge < -0.3 is 9.80 Å². The van der Waals surface area contributed by atoms with Gasteiger partial charge in [0.1, 0.15) is 0 Å². The van der Waals surface area contributed by atoms with E-state index in [-0.39, 0.29) is 11.8 Å². The summed E-state index contributed by atoms with van der Waals surface area (Å²) >= 11 is 11.1. The van der Waals surface area contributed by atoms with Crippen LogP contribution >= 0.6 is 24.4 Å². The number of hydrogen-bond donors (Lipinski definition) is 0. The van der Waals surface area contributed by atoms with E-state index in [1.54, 1.807) is 12.1 Å². The van der Waals surface area contributed by atoms with E-state index in [0.717, 1.165) is 5.56 Å². The van der Waals surface area contributed by atoms with Crippen molar-refractivity contribution in [3.8, 4) is 0 Å². The van der Waals surface area contributed by atoms with Crippen molar-refractivity contribution in [2.24, 2.45) is 0 Å². The summed E-state index contributed by atoms with van der Waals surface area (Å²) in [6.45, 7) is 7.19. The number of amides is 2. The first kappa shape index (κ1) is 18.7. The van der Waals surface area contributed by atoms with Gasteiger partial charge in [0.05, 0.1) is 0 Å². The molecule has 0 radical (unpaired) electrons. The first-order chi connectivity index (χ1) is 12.0. The van der Waals surface area contributed by atoms with E-state index in [9.17, 15) is 9.59 Å². The predicted molar refractivity (Wildman–Crippen MR) is 107 cm³/mol. The monoisotopic (exact) mass is 390 g/mol. The zero-order valence-corrected chi connectivity index (χ0v) is 17.4. The predicted octanol–water partition coefficient (Wildman–Crippen LogP) is 2.18. The Morgan fingerprint density at radius 2 is 1.35 bits per heavy atom. The van der Waals surface area contributed by atoms with Crippen LogP contribution in [0.15, 0.2) is 24.3 Å². The van der Waals surface area contributed by atoms with Crippen LogP contribution in [0.25, 0.3) is 0 Å². The Kier molecular flexibility index (Phi) is 4.12. The third-order valence-electron chi connectivity index (χ3n) is 5.85. The summed E-state index contributed by atoms with van der Waals surface area (Å²) in [7, 11) is 3.65. The largest absolute Gasteiger partial charge is 0.325 e. The van der Waals surface area contributed by atoms with Gasteiger partial charge in [-0.25, -0.2) is 0 Å². The lowest BCUT2D eigenvalue weighted by molar-refractivity contribution is -0.133. The second-order valence-electron chi connectivity index (χ2n) is 7.09. The van der Waals surface area contributed by atoms with E-state index in [1.807, 2.05) is 56.8 Å². The molecule has 3 rings (SSSR count). The summed E-state index contributed by atoms with van der Waals surface area (Å²) in [4.78, 5) is 32.5. The SMILES string of the molecule is CC(=O)N1C(=S)N(C)[C@]2(C)N(C)C(=S)N(C(=O)c3ccc(C)cc3)[C@]12C. The van der Waals surface area contributed by atoms with E-state index in [4.69, 9.17) is 24.4 Å². The van der Waals surface area contributed by atoms with Crippen molar-refractivity contribution in [3.63, 3.8) is 0 Å². The molecule has 0 N–H and O–H groups in total. The highest BCUT2D eigenvalue weighted by molar-refractivity contribution is 7.80. The molecular weight excluding hydrogens is 368 g/mol. The first-order valence-electron chi connectivity index (χ1n) is 8.27. The molecule has 1 aromatic rings. The summed E-state index contributed by atoms with van der Waals surface area (Å²) in [5.74, 6) is -0.481. The third kappa shape index (κ3) is 2.02. The first-order valence-corrected chi connectivity index (χ1v) is 9.08. The Morgan fingerprint density at radius 1 is 0.885 bits per heavy atom. The number of aryl methyl sites for hydroxylation is 1. The number of hydrogen-bond acceptors (Lipinski definition) is 4. The Morgan fingerprint density at radius 3 is 1.81 bits per heavy atom. The molecule has 0 unspecified atom stereocenters. The van der Waals surface area contributed by atoms with Gasteiger partial charge >= 0.3 is 0 Å². The number of benzene rings is 1. The average Bonchev–Trinajstić information content (AvgIpc) is 2.83. The van der Waals surface area contributed by atoms with Gasteiger partial charge in [0.15, 0.2) is 21.6 Å². The highest BCUT2D eigenvalue weighted by Gasteiger charge is 2.72.